The van der Waals surface area contributed by atoms with Gasteiger partial charge in [-0.2, -0.15) is 5.10 Å². The number of carbonyl (C=O) groups is 2. The van der Waals surface area contributed by atoms with Crippen molar-refractivity contribution in [2.75, 3.05) is 24.6 Å². The van der Waals surface area contributed by atoms with E-state index in [9.17, 15) is 9.59 Å². The SMILES string of the molecule is Cc1nn(Cc2ccccc2)c(C)c1CNC(=O)COC(=O)c1cccnc1N1CCCC1. The monoisotopic (exact) mass is 447 g/mol. The second-order valence-corrected chi connectivity index (χ2v) is 8.21. The molecule has 1 amide bonds. The van der Waals surface area contributed by atoms with Crippen molar-refractivity contribution in [3.8, 4) is 0 Å². The fourth-order valence-corrected chi connectivity index (χ4v) is 4.08. The number of nitrogens with one attached hydrogen (secondary N) is 1. The van der Waals surface area contributed by atoms with Crippen molar-refractivity contribution in [2.24, 2.45) is 0 Å². The molecular formula is C25H29N5O3. The van der Waals surface area contributed by atoms with Crippen molar-refractivity contribution < 1.29 is 14.3 Å². The molecule has 0 radical (unpaired) electrons. The lowest BCUT2D eigenvalue weighted by atomic mass is 10.2. The fourth-order valence-electron chi connectivity index (χ4n) is 4.08. The Morgan fingerprint density at radius 3 is 2.58 bits per heavy atom. The highest BCUT2D eigenvalue weighted by atomic mass is 16.5. The second-order valence-electron chi connectivity index (χ2n) is 8.21. The van der Waals surface area contributed by atoms with E-state index in [-0.39, 0.29) is 12.5 Å². The number of amides is 1. The van der Waals surface area contributed by atoms with E-state index >= 15 is 0 Å². The van der Waals surface area contributed by atoms with Crippen molar-refractivity contribution >= 4 is 17.7 Å². The van der Waals surface area contributed by atoms with Crippen LogP contribution >= 0.6 is 0 Å². The Balaban J connectivity index is 1.32. The van der Waals surface area contributed by atoms with Crippen molar-refractivity contribution in [1.82, 2.24) is 20.1 Å². The number of pyridine rings is 1. The predicted molar refractivity (Wildman–Crippen MR) is 125 cm³/mol. The number of nitrogens with zero attached hydrogens (tertiary/aromatic N) is 4. The number of ether oxygens (including phenoxy) is 1. The number of anilines is 1. The van der Waals surface area contributed by atoms with Gasteiger partial charge in [0.05, 0.1) is 12.2 Å². The summed E-state index contributed by atoms with van der Waals surface area (Å²) in [7, 11) is 0. The third-order valence-electron chi connectivity index (χ3n) is 5.92. The first-order valence-corrected chi connectivity index (χ1v) is 11.2. The number of benzene rings is 1. The molecule has 8 heteroatoms. The van der Waals surface area contributed by atoms with Crippen LogP contribution in [0.5, 0.6) is 0 Å². The summed E-state index contributed by atoms with van der Waals surface area (Å²) in [6.45, 7) is 6.32. The fraction of sp³-hybridized carbons (Fsp3) is 0.360. The Morgan fingerprint density at radius 1 is 1.06 bits per heavy atom. The molecule has 1 aliphatic heterocycles. The molecule has 0 unspecified atom stereocenters. The van der Waals surface area contributed by atoms with Crippen LogP contribution < -0.4 is 10.2 Å². The lowest BCUT2D eigenvalue weighted by Gasteiger charge is -2.18. The van der Waals surface area contributed by atoms with Gasteiger partial charge in [-0.3, -0.25) is 9.48 Å². The highest BCUT2D eigenvalue weighted by Gasteiger charge is 2.22. The molecule has 33 heavy (non-hydrogen) atoms. The zero-order valence-corrected chi connectivity index (χ0v) is 19.1. The Bertz CT molecular complexity index is 1120. The van der Waals surface area contributed by atoms with Gasteiger partial charge in [-0.1, -0.05) is 30.3 Å². The van der Waals surface area contributed by atoms with E-state index in [0.29, 0.717) is 24.5 Å². The van der Waals surface area contributed by atoms with Crippen LogP contribution in [0.2, 0.25) is 0 Å². The van der Waals surface area contributed by atoms with E-state index < -0.39 is 5.97 Å². The molecule has 3 heterocycles. The minimum absolute atomic E-state index is 0.328. The maximum Gasteiger partial charge on any atom is 0.342 e. The number of aryl methyl sites for hydroxylation is 1. The van der Waals surface area contributed by atoms with Crippen LogP contribution in [0.4, 0.5) is 5.82 Å². The molecule has 1 aliphatic rings. The first-order chi connectivity index (χ1) is 16.0. The van der Waals surface area contributed by atoms with Gasteiger partial charge in [0.25, 0.3) is 5.91 Å². The summed E-state index contributed by atoms with van der Waals surface area (Å²) in [6, 6.07) is 13.5. The quantitative estimate of drug-likeness (QED) is 0.534. The van der Waals surface area contributed by atoms with Gasteiger partial charge in [-0.25, -0.2) is 9.78 Å². The average molecular weight is 448 g/mol. The molecule has 0 atom stereocenters. The first kappa shape index (κ1) is 22.5. The number of hydrogen-bond acceptors (Lipinski definition) is 6. The largest absolute Gasteiger partial charge is 0.452 e. The summed E-state index contributed by atoms with van der Waals surface area (Å²) < 4.78 is 7.22. The molecular weight excluding hydrogens is 418 g/mol. The Labute approximate surface area is 193 Å². The Hall–Kier alpha value is -3.68. The summed E-state index contributed by atoms with van der Waals surface area (Å²) in [4.78, 5) is 31.4. The normalized spacial score (nSPS) is 13.2. The van der Waals surface area contributed by atoms with E-state index in [2.05, 4.69) is 32.4 Å². The third-order valence-corrected chi connectivity index (χ3v) is 5.92. The molecule has 1 fully saturated rings. The number of carbonyl (C=O) groups excluding carboxylic acids is 2. The van der Waals surface area contributed by atoms with Crippen molar-refractivity contribution in [1.29, 1.82) is 0 Å². The van der Waals surface area contributed by atoms with Crippen LogP contribution in [0.3, 0.4) is 0 Å². The van der Waals surface area contributed by atoms with Gasteiger partial charge in [-0.05, 0) is 44.4 Å². The summed E-state index contributed by atoms with van der Waals surface area (Å²) >= 11 is 0. The average Bonchev–Trinajstić information content (AvgIpc) is 3.46. The molecule has 0 aliphatic carbocycles. The molecule has 2 aromatic heterocycles. The predicted octanol–water partition coefficient (Wildman–Crippen LogP) is 3.02. The van der Waals surface area contributed by atoms with Gasteiger partial charge >= 0.3 is 5.97 Å². The van der Waals surface area contributed by atoms with E-state index in [0.717, 1.165) is 48.4 Å². The molecule has 1 N–H and O–H groups in total. The van der Waals surface area contributed by atoms with E-state index in [1.807, 2.05) is 36.7 Å². The minimum atomic E-state index is -0.539. The number of esters is 1. The van der Waals surface area contributed by atoms with Gasteiger partial charge in [0.2, 0.25) is 0 Å². The zero-order valence-electron chi connectivity index (χ0n) is 19.1. The highest BCUT2D eigenvalue weighted by molar-refractivity contribution is 5.96. The molecule has 0 bridgehead atoms. The van der Waals surface area contributed by atoms with Gasteiger partial charge < -0.3 is 15.0 Å². The maximum atomic E-state index is 12.6. The lowest BCUT2D eigenvalue weighted by Crippen LogP contribution is -2.29. The lowest BCUT2D eigenvalue weighted by molar-refractivity contribution is -0.124. The van der Waals surface area contributed by atoms with Gasteiger partial charge in [0.1, 0.15) is 11.4 Å². The summed E-state index contributed by atoms with van der Waals surface area (Å²) in [5, 5.41) is 7.45. The maximum absolute atomic E-state index is 12.6. The van der Waals surface area contributed by atoms with Crippen LogP contribution in [-0.4, -0.2) is 46.3 Å². The van der Waals surface area contributed by atoms with Gasteiger partial charge in [0, 0.05) is 37.1 Å². The van der Waals surface area contributed by atoms with Crippen LogP contribution in [0, 0.1) is 13.8 Å². The molecule has 1 saturated heterocycles. The van der Waals surface area contributed by atoms with Crippen molar-refractivity contribution in [2.45, 2.75) is 39.8 Å². The first-order valence-electron chi connectivity index (χ1n) is 11.2. The number of hydrogen-bond donors (Lipinski definition) is 1. The molecule has 0 spiro atoms. The summed E-state index contributed by atoms with van der Waals surface area (Å²) in [6.07, 6.45) is 3.82. The van der Waals surface area contributed by atoms with Gasteiger partial charge in [0.15, 0.2) is 6.61 Å². The van der Waals surface area contributed by atoms with Crippen LogP contribution in [0.1, 0.15) is 45.7 Å². The molecule has 0 saturated carbocycles. The molecule has 1 aromatic carbocycles. The second kappa shape index (κ2) is 10.3. The Morgan fingerprint density at radius 2 is 1.82 bits per heavy atom. The third kappa shape index (κ3) is 5.39. The van der Waals surface area contributed by atoms with E-state index in [1.165, 1.54) is 0 Å². The number of aromatic nitrogens is 3. The highest BCUT2D eigenvalue weighted by Crippen LogP contribution is 2.22. The number of rotatable bonds is 8. The van der Waals surface area contributed by atoms with Crippen molar-refractivity contribution in [3.63, 3.8) is 0 Å². The van der Waals surface area contributed by atoms with Gasteiger partial charge in [-0.15, -0.1) is 0 Å². The molecule has 172 valence electrons. The van der Waals surface area contributed by atoms with Crippen LogP contribution in [0.25, 0.3) is 0 Å². The summed E-state index contributed by atoms with van der Waals surface area (Å²) in [5.41, 5.74) is 4.38. The standard InChI is InChI=1S/C25H29N5O3/c1-18-22(19(2)30(28-18)16-20-9-4-3-5-10-20)15-27-23(31)17-33-25(32)21-11-8-12-26-24(21)29-13-6-7-14-29/h3-5,8-12H,6-7,13-17H2,1-2H3,(H,27,31). The van der Waals surface area contributed by atoms with Crippen molar-refractivity contribution in [3.05, 3.63) is 76.7 Å². The zero-order chi connectivity index (χ0) is 23.2. The minimum Gasteiger partial charge on any atom is -0.452 e. The van der Waals surface area contributed by atoms with E-state index in [1.54, 1.807) is 18.3 Å². The topological polar surface area (TPSA) is 89.3 Å². The van der Waals surface area contributed by atoms with Crippen LogP contribution in [-0.2, 0) is 22.6 Å². The summed E-state index contributed by atoms with van der Waals surface area (Å²) in [5.74, 6) is -0.273. The molecule has 4 rings (SSSR count). The Kier molecular flexibility index (Phi) is 7.02. The molecule has 8 nitrogen and oxygen atoms in total. The molecule has 3 aromatic rings. The van der Waals surface area contributed by atoms with E-state index in [4.69, 9.17) is 4.74 Å². The smallest absolute Gasteiger partial charge is 0.342 e. The van der Waals surface area contributed by atoms with Crippen LogP contribution in [0.15, 0.2) is 48.7 Å².